The smallest absolute Gasteiger partial charge is 0.338 e. The van der Waals surface area contributed by atoms with Gasteiger partial charge in [0.2, 0.25) is 0 Å². The van der Waals surface area contributed by atoms with Crippen molar-refractivity contribution >= 4 is 11.5 Å². The van der Waals surface area contributed by atoms with E-state index < -0.39 is 0 Å². The van der Waals surface area contributed by atoms with Gasteiger partial charge in [0.05, 0.1) is 38.1 Å². The molecule has 0 spiro atoms. The van der Waals surface area contributed by atoms with E-state index >= 15 is 0 Å². The highest BCUT2D eigenvalue weighted by Gasteiger charge is 2.26. The van der Waals surface area contributed by atoms with E-state index in [1.807, 2.05) is 40.7 Å². The van der Waals surface area contributed by atoms with Crippen molar-refractivity contribution in [3.63, 3.8) is 0 Å². The molecule has 1 unspecified atom stereocenters. The molecule has 0 radical (unpaired) electrons. The summed E-state index contributed by atoms with van der Waals surface area (Å²) >= 11 is 0. The van der Waals surface area contributed by atoms with Gasteiger partial charge >= 0.3 is 5.97 Å². The fourth-order valence-corrected chi connectivity index (χ4v) is 5.54. The first-order valence-corrected chi connectivity index (χ1v) is 14.9. The van der Waals surface area contributed by atoms with Crippen LogP contribution in [0.15, 0.2) is 42.6 Å². The van der Waals surface area contributed by atoms with E-state index in [0.29, 0.717) is 5.56 Å². The molecule has 1 N–H and O–H groups in total. The molecule has 8 nitrogen and oxygen atoms in total. The Morgan fingerprint density at radius 1 is 0.927 bits per heavy atom. The lowest BCUT2D eigenvalue weighted by Gasteiger charge is -2.34. The first kappa shape index (κ1) is 32.8. The van der Waals surface area contributed by atoms with E-state index in [2.05, 4.69) is 57.7 Å². The van der Waals surface area contributed by atoms with Crippen LogP contribution in [0.1, 0.15) is 67.8 Å². The molecule has 2 fully saturated rings. The van der Waals surface area contributed by atoms with Gasteiger partial charge in [-0.05, 0) is 62.6 Å². The third-order valence-electron chi connectivity index (χ3n) is 7.51. The molecule has 0 aliphatic carbocycles. The fraction of sp³-hybridized carbons (Fsp3) is 0.545. The Kier molecular flexibility index (Phi) is 12.8. The van der Waals surface area contributed by atoms with Crippen LogP contribution in [0.5, 0.6) is 0 Å². The van der Waals surface area contributed by atoms with Crippen LogP contribution in [0.4, 0.5) is 0 Å². The lowest BCUT2D eigenvalue weighted by molar-refractivity contribution is 0.0186. The van der Waals surface area contributed by atoms with Crippen LogP contribution in [0, 0.1) is 6.92 Å². The molecule has 0 saturated carbocycles. The maximum atomic E-state index is 13.1. The van der Waals surface area contributed by atoms with Crippen molar-refractivity contribution in [1.29, 1.82) is 0 Å². The summed E-state index contributed by atoms with van der Waals surface area (Å²) in [5.74, 6) is -0.263. The minimum Gasteiger partial charge on any atom is -0.459 e. The van der Waals surface area contributed by atoms with Crippen molar-refractivity contribution in [1.82, 2.24) is 14.2 Å². The standard InChI is InChI=1S/C30H39N3O4.C2H6.CH4O/c1-21(2)37-30(34)28-18-27-17-26(25-7-5-6-24(16-25)19-31-8-12-35-13-9-31)20-33(27)29(22(28)3)23(4)32-10-14-36-15-11-32;2*1-2/h5-7,16-18,20-21,23H,8-15,19H2,1-4H3;1-2H3;2H,1H3. The van der Waals surface area contributed by atoms with Crippen LogP contribution in [0.3, 0.4) is 0 Å². The number of fused-ring (bicyclic) bond motifs is 1. The van der Waals surface area contributed by atoms with Gasteiger partial charge in [0, 0.05) is 68.8 Å². The maximum Gasteiger partial charge on any atom is 0.338 e. The van der Waals surface area contributed by atoms with Gasteiger partial charge in [0.15, 0.2) is 0 Å². The molecule has 1 aromatic carbocycles. The average Bonchev–Trinajstić information content (AvgIpc) is 3.43. The van der Waals surface area contributed by atoms with Gasteiger partial charge in [-0.2, -0.15) is 0 Å². The molecule has 5 rings (SSSR count). The second-order valence-corrected chi connectivity index (χ2v) is 10.5. The lowest BCUT2D eigenvalue weighted by Crippen LogP contribution is -2.39. The first-order chi connectivity index (χ1) is 19.9. The number of pyridine rings is 1. The highest BCUT2D eigenvalue weighted by atomic mass is 16.5. The molecule has 226 valence electrons. The second kappa shape index (κ2) is 16.0. The highest BCUT2D eigenvalue weighted by Crippen LogP contribution is 2.33. The summed E-state index contributed by atoms with van der Waals surface area (Å²) in [6.07, 6.45) is 2.06. The highest BCUT2D eigenvalue weighted by molar-refractivity contribution is 5.93. The number of carbonyl (C=O) groups is 1. The topological polar surface area (TPSA) is 75.9 Å². The van der Waals surface area contributed by atoms with Gasteiger partial charge in [0.25, 0.3) is 0 Å². The van der Waals surface area contributed by atoms with E-state index in [1.165, 1.54) is 11.1 Å². The number of aromatic nitrogens is 1. The number of benzene rings is 1. The molecular weight excluding hydrogens is 518 g/mol. The molecule has 8 heteroatoms. The van der Waals surface area contributed by atoms with Gasteiger partial charge in [0.1, 0.15) is 0 Å². The average molecular weight is 568 g/mol. The van der Waals surface area contributed by atoms with Crippen molar-refractivity contribution in [3.05, 3.63) is 65.0 Å². The molecule has 2 saturated heterocycles. The van der Waals surface area contributed by atoms with Gasteiger partial charge in [-0.3, -0.25) is 9.80 Å². The Morgan fingerprint density at radius 2 is 1.56 bits per heavy atom. The largest absolute Gasteiger partial charge is 0.459 e. The van der Waals surface area contributed by atoms with Crippen LogP contribution in [0.25, 0.3) is 16.6 Å². The molecule has 0 amide bonds. The van der Waals surface area contributed by atoms with E-state index in [0.717, 1.165) is 88.6 Å². The molecule has 2 aliphatic heterocycles. The Labute approximate surface area is 245 Å². The van der Waals surface area contributed by atoms with E-state index in [4.69, 9.17) is 19.3 Å². The normalized spacial score (nSPS) is 16.9. The number of rotatable bonds is 7. The van der Waals surface area contributed by atoms with Crippen molar-refractivity contribution in [2.45, 2.75) is 60.2 Å². The van der Waals surface area contributed by atoms with Gasteiger partial charge in [-0.15, -0.1) is 0 Å². The summed E-state index contributed by atoms with van der Waals surface area (Å²) in [5, 5.41) is 7.00. The van der Waals surface area contributed by atoms with Crippen LogP contribution in [-0.4, -0.2) is 91.1 Å². The molecular formula is C33H49N3O5. The van der Waals surface area contributed by atoms with Crippen LogP contribution in [0.2, 0.25) is 0 Å². The number of ether oxygens (including phenoxy) is 3. The quantitative estimate of drug-likeness (QED) is 0.386. The minimum atomic E-state index is -0.263. The molecule has 2 aromatic heterocycles. The molecule has 41 heavy (non-hydrogen) atoms. The predicted molar refractivity (Wildman–Crippen MR) is 165 cm³/mol. The Morgan fingerprint density at radius 3 is 2.20 bits per heavy atom. The minimum absolute atomic E-state index is 0.131. The summed E-state index contributed by atoms with van der Waals surface area (Å²) in [6.45, 7) is 19.7. The summed E-state index contributed by atoms with van der Waals surface area (Å²) in [6, 6.07) is 13.1. The molecule has 0 bridgehead atoms. The van der Waals surface area contributed by atoms with E-state index in [9.17, 15) is 4.79 Å². The number of aliphatic hydroxyl groups is 1. The zero-order valence-corrected chi connectivity index (χ0v) is 26.0. The van der Waals surface area contributed by atoms with E-state index in [-0.39, 0.29) is 18.1 Å². The van der Waals surface area contributed by atoms with Crippen molar-refractivity contribution < 1.29 is 24.1 Å². The number of morpholine rings is 2. The van der Waals surface area contributed by atoms with E-state index in [1.54, 1.807) is 0 Å². The number of esters is 1. The number of hydrogen-bond acceptors (Lipinski definition) is 7. The van der Waals surface area contributed by atoms with Crippen molar-refractivity contribution in [2.24, 2.45) is 0 Å². The number of hydrogen-bond donors (Lipinski definition) is 1. The Hall–Kier alpha value is -2.75. The number of aliphatic hydroxyl groups excluding tert-OH is 1. The van der Waals surface area contributed by atoms with Crippen LogP contribution in [-0.2, 0) is 20.8 Å². The summed E-state index contributed by atoms with van der Waals surface area (Å²) in [4.78, 5) is 18.0. The first-order valence-electron chi connectivity index (χ1n) is 14.9. The fourth-order valence-electron chi connectivity index (χ4n) is 5.54. The predicted octanol–water partition coefficient (Wildman–Crippen LogP) is 5.34. The summed E-state index contributed by atoms with van der Waals surface area (Å²) < 4.78 is 19.0. The Balaban J connectivity index is 0.00000111. The molecule has 1 atom stereocenters. The monoisotopic (exact) mass is 567 g/mol. The Bertz CT molecular complexity index is 1240. The van der Waals surface area contributed by atoms with Gasteiger partial charge in [-0.25, -0.2) is 4.79 Å². The molecule has 2 aliphatic rings. The van der Waals surface area contributed by atoms with Crippen LogP contribution >= 0.6 is 0 Å². The summed E-state index contributed by atoms with van der Waals surface area (Å²) in [5.41, 5.74) is 7.38. The zero-order chi connectivity index (χ0) is 29.9. The van der Waals surface area contributed by atoms with Gasteiger partial charge in [-0.1, -0.05) is 32.0 Å². The third-order valence-corrected chi connectivity index (χ3v) is 7.51. The number of nitrogens with zero attached hydrogens (tertiary/aromatic N) is 3. The van der Waals surface area contributed by atoms with Gasteiger partial charge < -0.3 is 23.7 Å². The summed E-state index contributed by atoms with van der Waals surface area (Å²) in [7, 11) is 1.00. The molecule has 4 heterocycles. The number of carbonyl (C=O) groups excluding carboxylic acids is 1. The SMILES string of the molecule is CC.CO.Cc1c(C(=O)OC(C)C)cc2cc(-c3cccc(CN4CCOCC4)c3)cn2c1C(C)N1CCOCC1. The third kappa shape index (κ3) is 8.17. The van der Waals surface area contributed by atoms with Crippen molar-refractivity contribution in [2.75, 3.05) is 59.7 Å². The van der Waals surface area contributed by atoms with Crippen LogP contribution < -0.4 is 0 Å². The lowest BCUT2D eigenvalue weighted by atomic mass is 10.0. The zero-order valence-electron chi connectivity index (χ0n) is 26.0. The maximum absolute atomic E-state index is 13.1. The van der Waals surface area contributed by atoms with Crippen molar-refractivity contribution in [3.8, 4) is 11.1 Å². The second-order valence-electron chi connectivity index (χ2n) is 10.5. The molecule has 3 aromatic rings.